The van der Waals surface area contributed by atoms with Crippen molar-refractivity contribution in [3.63, 3.8) is 0 Å². The summed E-state index contributed by atoms with van der Waals surface area (Å²) in [5.74, 6) is 0. The molecule has 0 bridgehead atoms. The van der Waals surface area contributed by atoms with Crippen molar-refractivity contribution in [3.05, 3.63) is 12.7 Å². The lowest BCUT2D eigenvalue weighted by Crippen LogP contribution is -2.38. The van der Waals surface area contributed by atoms with Crippen LogP contribution in [0.2, 0.25) is 0 Å². The van der Waals surface area contributed by atoms with Gasteiger partial charge >= 0.3 is 0 Å². The molecule has 1 fully saturated rings. The number of hydrogen-bond donors (Lipinski definition) is 4. The van der Waals surface area contributed by atoms with E-state index >= 15 is 0 Å². The third-order valence-electron chi connectivity index (χ3n) is 2.28. The lowest BCUT2D eigenvalue weighted by atomic mass is 10.1. The summed E-state index contributed by atoms with van der Waals surface area (Å²) in [5.41, 5.74) is 0. The molecule has 4 atom stereocenters. The molecule has 1 aliphatic heterocycles. The molecule has 0 aromatic heterocycles. The zero-order valence-electron chi connectivity index (χ0n) is 7.97. The molecule has 4 N–H and O–H groups in total. The average molecular weight is 203 g/mol. The molecule has 0 aromatic carbocycles. The van der Waals surface area contributed by atoms with Crippen LogP contribution in [-0.4, -0.2) is 59.4 Å². The van der Waals surface area contributed by atoms with Crippen molar-refractivity contribution >= 4 is 0 Å². The van der Waals surface area contributed by atoms with Crippen LogP contribution in [-0.2, 0) is 4.74 Å². The van der Waals surface area contributed by atoms with Crippen LogP contribution in [0, 0.1) is 0 Å². The number of aliphatic hydroxyl groups excluding tert-OH is 3. The molecule has 0 radical (unpaired) electrons. The number of nitrogens with one attached hydrogen (secondary N) is 1. The molecule has 1 saturated heterocycles. The summed E-state index contributed by atoms with van der Waals surface area (Å²) in [5, 5.41) is 30.7. The Hall–Kier alpha value is -0.460. The zero-order chi connectivity index (χ0) is 10.6. The molecular weight excluding hydrogens is 186 g/mol. The van der Waals surface area contributed by atoms with E-state index in [-0.39, 0.29) is 6.61 Å². The van der Waals surface area contributed by atoms with Crippen LogP contribution < -0.4 is 5.32 Å². The van der Waals surface area contributed by atoms with Crippen LogP contribution in [0.3, 0.4) is 0 Å². The van der Waals surface area contributed by atoms with Crippen molar-refractivity contribution in [2.24, 2.45) is 0 Å². The summed E-state index contributed by atoms with van der Waals surface area (Å²) in [7, 11) is 0. The van der Waals surface area contributed by atoms with E-state index in [1.807, 2.05) is 0 Å². The Bertz CT molecular complexity index is 188. The molecule has 14 heavy (non-hydrogen) atoms. The van der Waals surface area contributed by atoms with Crippen molar-refractivity contribution in [1.29, 1.82) is 0 Å². The lowest BCUT2D eigenvalue weighted by molar-refractivity contribution is -0.0210. The largest absolute Gasteiger partial charge is 0.394 e. The molecule has 0 amide bonds. The first kappa shape index (κ1) is 11.6. The normalized spacial score (nSPS) is 37.4. The van der Waals surface area contributed by atoms with E-state index in [0.29, 0.717) is 13.1 Å². The molecular formula is C9H17NO4. The second-order valence-corrected chi connectivity index (χ2v) is 3.32. The maximum absolute atomic E-state index is 9.51. The predicted molar refractivity (Wildman–Crippen MR) is 50.8 cm³/mol. The quantitative estimate of drug-likeness (QED) is 0.314. The third kappa shape index (κ3) is 2.52. The highest BCUT2D eigenvalue weighted by molar-refractivity contribution is 4.91. The van der Waals surface area contributed by atoms with Gasteiger partial charge in [-0.1, -0.05) is 6.08 Å². The fourth-order valence-electron chi connectivity index (χ4n) is 1.47. The van der Waals surface area contributed by atoms with Crippen molar-refractivity contribution in [3.8, 4) is 0 Å². The Kier molecular flexibility index (Phi) is 4.50. The molecule has 5 heteroatoms. The van der Waals surface area contributed by atoms with Gasteiger partial charge in [-0.25, -0.2) is 0 Å². The van der Waals surface area contributed by atoms with E-state index in [1.54, 1.807) is 6.08 Å². The van der Waals surface area contributed by atoms with Gasteiger partial charge in [0.05, 0.1) is 12.7 Å². The Morgan fingerprint density at radius 2 is 1.93 bits per heavy atom. The van der Waals surface area contributed by atoms with E-state index in [2.05, 4.69) is 11.9 Å². The summed E-state index contributed by atoms with van der Waals surface area (Å²) in [4.78, 5) is 0. The molecule has 1 rings (SSSR count). The second kappa shape index (κ2) is 5.43. The highest BCUT2D eigenvalue weighted by Gasteiger charge is 2.41. The Morgan fingerprint density at radius 1 is 1.29 bits per heavy atom. The molecule has 0 unspecified atom stereocenters. The van der Waals surface area contributed by atoms with Crippen molar-refractivity contribution in [2.45, 2.75) is 24.4 Å². The highest BCUT2D eigenvalue weighted by Crippen LogP contribution is 2.20. The minimum atomic E-state index is -1.00. The van der Waals surface area contributed by atoms with Gasteiger partial charge in [0, 0.05) is 13.1 Å². The maximum atomic E-state index is 9.51. The minimum absolute atomic E-state index is 0.282. The fraction of sp³-hybridized carbons (Fsp3) is 0.778. The molecule has 0 aliphatic carbocycles. The number of aliphatic hydroxyl groups is 3. The summed E-state index contributed by atoms with van der Waals surface area (Å²) in [6, 6.07) is 0. The van der Waals surface area contributed by atoms with Gasteiger partial charge in [-0.2, -0.15) is 0 Å². The van der Waals surface area contributed by atoms with E-state index in [0.717, 1.165) is 0 Å². The molecule has 1 aliphatic rings. The number of hydrogen-bond acceptors (Lipinski definition) is 5. The fourth-order valence-corrected chi connectivity index (χ4v) is 1.47. The van der Waals surface area contributed by atoms with Gasteiger partial charge in [0.15, 0.2) is 0 Å². The second-order valence-electron chi connectivity index (χ2n) is 3.32. The molecule has 0 spiro atoms. The number of ether oxygens (including phenoxy) is 1. The maximum Gasteiger partial charge on any atom is 0.111 e. The Morgan fingerprint density at radius 3 is 2.43 bits per heavy atom. The van der Waals surface area contributed by atoms with Gasteiger partial charge in [0.1, 0.15) is 18.3 Å². The van der Waals surface area contributed by atoms with Crippen LogP contribution in [0.4, 0.5) is 0 Å². The third-order valence-corrected chi connectivity index (χ3v) is 2.28. The predicted octanol–water partition coefficient (Wildman–Crippen LogP) is -1.76. The number of rotatable bonds is 5. The SMILES string of the molecule is C=CCNC[C@H]1O[C@H](CO)[C@@H](O)[C@@H]1O. The van der Waals surface area contributed by atoms with Crippen LogP contribution in [0.1, 0.15) is 0 Å². The Labute approximate surface area is 83.0 Å². The van der Waals surface area contributed by atoms with E-state index in [1.165, 1.54) is 0 Å². The van der Waals surface area contributed by atoms with Gasteiger partial charge < -0.3 is 25.4 Å². The molecule has 0 aromatic rings. The summed E-state index contributed by atoms with van der Waals surface area (Å²) in [6.45, 7) is 4.30. The van der Waals surface area contributed by atoms with Gasteiger partial charge in [-0.3, -0.25) is 0 Å². The summed E-state index contributed by atoms with van der Waals surface area (Å²) >= 11 is 0. The first-order valence-electron chi connectivity index (χ1n) is 4.64. The van der Waals surface area contributed by atoms with E-state index in [9.17, 15) is 10.2 Å². The monoisotopic (exact) mass is 203 g/mol. The van der Waals surface area contributed by atoms with Gasteiger partial charge in [0.25, 0.3) is 0 Å². The molecule has 5 nitrogen and oxygen atoms in total. The molecule has 0 saturated carbocycles. The molecule has 1 heterocycles. The smallest absolute Gasteiger partial charge is 0.111 e. The first-order chi connectivity index (χ1) is 6.70. The van der Waals surface area contributed by atoms with Crippen molar-refractivity contribution < 1.29 is 20.1 Å². The highest BCUT2D eigenvalue weighted by atomic mass is 16.6. The van der Waals surface area contributed by atoms with Crippen LogP contribution in [0.5, 0.6) is 0 Å². The van der Waals surface area contributed by atoms with E-state index in [4.69, 9.17) is 9.84 Å². The van der Waals surface area contributed by atoms with Gasteiger partial charge in [-0.15, -0.1) is 6.58 Å². The van der Waals surface area contributed by atoms with Gasteiger partial charge in [0.2, 0.25) is 0 Å². The topological polar surface area (TPSA) is 82.0 Å². The average Bonchev–Trinajstić information content (AvgIpc) is 2.46. The zero-order valence-corrected chi connectivity index (χ0v) is 7.97. The van der Waals surface area contributed by atoms with Crippen LogP contribution in [0.25, 0.3) is 0 Å². The van der Waals surface area contributed by atoms with Crippen molar-refractivity contribution in [1.82, 2.24) is 5.32 Å². The van der Waals surface area contributed by atoms with Crippen LogP contribution >= 0.6 is 0 Å². The first-order valence-corrected chi connectivity index (χ1v) is 4.64. The standard InChI is InChI=1S/C9H17NO4/c1-2-3-10-4-6-8(12)9(13)7(5-11)14-6/h2,6-13H,1,3-5H2/t6-,7-,8-,9-/m1/s1. The lowest BCUT2D eigenvalue weighted by Gasteiger charge is -2.14. The van der Waals surface area contributed by atoms with E-state index < -0.39 is 24.4 Å². The Balaban J connectivity index is 2.36. The summed E-state index contributed by atoms with van der Waals surface area (Å²) < 4.78 is 5.23. The van der Waals surface area contributed by atoms with Gasteiger partial charge in [-0.05, 0) is 0 Å². The minimum Gasteiger partial charge on any atom is -0.394 e. The molecule has 82 valence electrons. The van der Waals surface area contributed by atoms with Crippen LogP contribution in [0.15, 0.2) is 12.7 Å². The summed E-state index contributed by atoms with van der Waals surface area (Å²) in [6.07, 6.45) is -1.40. The van der Waals surface area contributed by atoms with Crippen molar-refractivity contribution in [2.75, 3.05) is 19.7 Å².